The van der Waals surface area contributed by atoms with Crippen LogP contribution in [0.15, 0.2) is 59.3 Å². The smallest absolute Gasteiger partial charge is 0.257 e. The highest BCUT2D eigenvalue weighted by atomic mass is 16.3. The van der Waals surface area contributed by atoms with Gasteiger partial charge in [-0.25, -0.2) is 0 Å². The fraction of sp³-hybridized carbons (Fsp3) is 0.150. The maximum Gasteiger partial charge on any atom is 0.257 e. The van der Waals surface area contributed by atoms with Crippen LogP contribution in [0.2, 0.25) is 0 Å². The van der Waals surface area contributed by atoms with Crippen LogP contribution in [0.25, 0.3) is 0 Å². The first-order valence-electron chi connectivity index (χ1n) is 8.19. The molecule has 0 radical (unpaired) electrons. The lowest BCUT2D eigenvalue weighted by molar-refractivity contribution is 0.0947. The molecular weight excluding hydrogens is 330 g/mol. The van der Waals surface area contributed by atoms with Crippen molar-refractivity contribution >= 4 is 17.5 Å². The number of amides is 2. The van der Waals surface area contributed by atoms with Crippen LogP contribution in [-0.2, 0) is 6.54 Å². The van der Waals surface area contributed by atoms with Crippen molar-refractivity contribution in [2.45, 2.75) is 20.4 Å². The van der Waals surface area contributed by atoms with Gasteiger partial charge in [0.05, 0.1) is 18.4 Å². The Balaban J connectivity index is 1.68. The van der Waals surface area contributed by atoms with Crippen LogP contribution in [0.5, 0.6) is 0 Å². The van der Waals surface area contributed by atoms with E-state index in [1.807, 2.05) is 6.92 Å². The van der Waals surface area contributed by atoms with Crippen LogP contribution in [0.3, 0.4) is 0 Å². The molecule has 0 aliphatic carbocycles. The van der Waals surface area contributed by atoms with Crippen LogP contribution >= 0.6 is 0 Å². The van der Waals surface area contributed by atoms with Gasteiger partial charge >= 0.3 is 0 Å². The maximum absolute atomic E-state index is 12.4. The number of rotatable bonds is 5. The number of benzene rings is 1. The number of hydrogen-bond acceptors (Lipinski definition) is 4. The summed E-state index contributed by atoms with van der Waals surface area (Å²) in [6.07, 6.45) is 3.21. The third kappa shape index (κ3) is 3.97. The van der Waals surface area contributed by atoms with E-state index < -0.39 is 0 Å². The molecule has 1 aromatic carbocycles. The molecule has 0 saturated heterocycles. The topological polar surface area (TPSA) is 84.2 Å². The van der Waals surface area contributed by atoms with Gasteiger partial charge in [0.15, 0.2) is 0 Å². The van der Waals surface area contributed by atoms with Gasteiger partial charge in [-0.2, -0.15) is 0 Å². The van der Waals surface area contributed by atoms with Crippen molar-refractivity contribution in [3.63, 3.8) is 0 Å². The Hall–Kier alpha value is -3.41. The number of aromatic nitrogens is 1. The van der Waals surface area contributed by atoms with Crippen molar-refractivity contribution in [2.75, 3.05) is 5.32 Å². The van der Waals surface area contributed by atoms with Gasteiger partial charge in [0.1, 0.15) is 5.76 Å². The Morgan fingerprint density at radius 2 is 1.92 bits per heavy atom. The summed E-state index contributed by atoms with van der Waals surface area (Å²) >= 11 is 0. The van der Waals surface area contributed by atoms with E-state index in [0.717, 1.165) is 5.56 Å². The molecule has 0 bridgehead atoms. The molecule has 0 spiro atoms. The molecule has 0 atom stereocenters. The number of hydrogen-bond donors (Lipinski definition) is 2. The quantitative estimate of drug-likeness (QED) is 0.739. The zero-order valence-corrected chi connectivity index (χ0v) is 14.6. The molecule has 0 aliphatic rings. The second-order valence-electron chi connectivity index (χ2n) is 5.88. The van der Waals surface area contributed by atoms with E-state index >= 15 is 0 Å². The van der Waals surface area contributed by atoms with E-state index in [2.05, 4.69) is 15.6 Å². The van der Waals surface area contributed by atoms with Crippen molar-refractivity contribution in [3.8, 4) is 0 Å². The van der Waals surface area contributed by atoms with Crippen LogP contribution < -0.4 is 10.6 Å². The summed E-state index contributed by atoms with van der Waals surface area (Å²) in [5.74, 6) is 0.255. The number of anilines is 1. The minimum atomic E-state index is -0.228. The van der Waals surface area contributed by atoms with Gasteiger partial charge in [-0.1, -0.05) is 0 Å². The molecule has 3 rings (SSSR count). The Labute approximate surface area is 151 Å². The molecule has 3 aromatic rings. The average molecular weight is 349 g/mol. The van der Waals surface area contributed by atoms with Crippen molar-refractivity contribution < 1.29 is 14.0 Å². The second-order valence-corrected chi connectivity index (χ2v) is 5.88. The molecule has 0 aliphatic heterocycles. The predicted octanol–water partition coefficient (Wildman–Crippen LogP) is 3.47. The molecular formula is C20H19N3O3. The third-order valence-electron chi connectivity index (χ3n) is 3.99. The summed E-state index contributed by atoms with van der Waals surface area (Å²) < 4.78 is 5.19. The molecule has 2 amide bonds. The summed E-state index contributed by atoms with van der Waals surface area (Å²) in [6.45, 7) is 3.95. The highest BCUT2D eigenvalue weighted by molar-refractivity contribution is 6.05. The van der Waals surface area contributed by atoms with Gasteiger partial charge in [-0.05, 0) is 61.9 Å². The number of carbonyl (C=O) groups is 2. The Kier molecular flexibility index (Phi) is 5.12. The van der Waals surface area contributed by atoms with E-state index in [1.54, 1.807) is 61.8 Å². The molecule has 2 aromatic heterocycles. The average Bonchev–Trinajstić information content (AvgIpc) is 3.15. The van der Waals surface area contributed by atoms with Crippen LogP contribution in [0, 0.1) is 13.8 Å². The Bertz CT molecular complexity index is 933. The third-order valence-corrected chi connectivity index (χ3v) is 3.99. The zero-order chi connectivity index (χ0) is 18.5. The van der Waals surface area contributed by atoms with Crippen molar-refractivity contribution in [2.24, 2.45) is 0 Å². The summed E-state index contributed by atoms with van der Waals surface area (Å²) in [5.41, 5.74) is 3.15. The molecule has 0 fully saturated rings. The van der Waals surface area contributed by atoms with Gasteiger partial charge in [-0.3, -0.25) is 14.6 Å². The SMILES string of the molecule is Cc1cc(C(=O)NCc2ccco2)ccc1NC(=O)c1cccnc1C. The highest BCUT2D eigenvalue weighted by Crippen LogP contribution is 2.18. The number of nitrogens with one attached hydrogen (secondary N) is 2. The molecule has 132 valence electrons. The summed E-state index contributed by atoms with van der Waals surface area (Å²) in [7, 11) is 0. The van der Waals surface area contributed by atoms with Crippen molar-refractivity contribution in [3.05, 3.63) is 83.1 Å². The highest BCUT2D eigenvalue weighted by Gasteiger charge is 2.13. The Morgan fingerprint density at radius 1 is 1.08 bits per heavy atom. The summed E-state index contributed by atoms with van der Waals surface area (Å²) in [4.78, 5) is 28.8. The maximum atomic E-state index is 12.4. The monoisotopic (exact) mass is 349 g/mol. The van der Waals surface area contributed by atoms with Gasteiger partial charge in [0, 0.05) is 23.1 Å². The molecule has 6 nitrogen and oxygen atoms in total. The van der Waals surface area contributed by atoms with Gasteiger partial charge in [0.2, 0.25) is 0 Å². The fourth-order valence-electron chi connectivity index (χ4n) is 2.54. The van der Waals surface area contributed by atoms with E-state index in [0.29, 0.717) is 34.8 Å². The minimum absolute atomic E-state index is 0.203. The first-order chi connectivity index (χ1) is 12.5. The molecule has 2 N–H and O–H groups in total. The molecule has 2 heterocycles. The number of pyridine rings is 1. The fourth-order valence-corrected chi connectivity index (χ4v) is 2.54. The first kappa shape index (κ1) is 17.4. The zero-order valence-electron chi connectivity index (χ0n) is 14.6. The lowest BCUT2D eigenvalue weighted by atomic mass is 10.1. The normalized spacial score (nSPS) is 10.4. The number of nitrogens with zero attached hydrogens (tertiary/aromatic N) is 1. The van der Waals surface area contributed by atoms with Crippen LogP contribution in [0.1, 0.15) is 37.7 Å². The number of carbonyl (C=O) groups excluding carboxylic acids is 2. The van der Waals surface area contributed by atoms with E-state index in [9.17, 15) is 9.59 Å². The second kappa shape index (κ2) is 7.65. The van der Waals surface area contributed by atoms with Crippen LogP contribution in [0.4, 0.5) is 5.69 Å². The summed E-state index contributed by atoms with van der Waals surface area (Å²) in [6, 6.07) is 12.2. The van der Waals surface area contributed by atoms with Crippen molar-refractivity contribution in [1.29, 1.82) is 0 Å². The number of furan rings is 1. The minimum Gasteiger partial charge on any atom is -0.467 e. The van der Waals surface area contributed by atoms with Gasteiger partial charge in [0.25, 0.3) is 11.8 Å². The van der Waals surface area contributed by atoms with Crippen molar-refractivity contribution in [1.82, 2.24) is 10.3 Å². The van der Waals surface area contributed by atoms with Gasteiger partial charge < -0.3 is 15.1 Å². The lowest BCUT2D eigenvalue weighted by Crippen LogP contribution is -2.22. The number of aryl methyl sites for hydroxylation is 2. The lowest BCUT2D eigenvalue weighted by Gasteiger charge is -2.11. The van der Waals surface area contributed by atoms with E-state index in [4.69, 9.17) is 4.42 Å². The first-order valence-corrected chi connectivity index (χ1v) is 8.19. The molecule has 6 heteroatoms. The molecule has 26 heavy (non-hydrogen) atoms. The van der Waals surface area contributed by atoms with E-state index in [-0.39, 0.29) is 11.8 Å². The van der Waals surface area contributed by atoms with Gasteiger partial charge in [-0.15, -0.1) is 0 Å². The summed E-state index contributed by atoms with van der Waals surface area (Å²) in [5, 5.41) is 5.66. The predicted molar refractivity (Wildman–Crippen MR) is 98.0 cm³/mol. The largest absolute Gasteiger partial charge is 0.467 e. The standard InChI is InChI=1S/C20H19N3O3/c1-13-11-15(19(24)22-12-16-5-4-10-26-16)7-8-18(13)23-20(25)17-6-3-9-21-14(17)2/h3-11H,12H2,1-2H3,(H,22,24)(H,23,25). The van der Waals surface area contributed by atoms with Crippen LogP contribution in [-0.4, -0.2) is 16.8 Å². The molecule has 0 unspecified atom stereocenters. The molecule has 0 saturated carbocycles. The Morgan fingerprint density at radius 3 is 2.62 bits per heavy atom. The van der Waals surface area contributed by atoms with E-state index in [1.165, 1.54) is 0 Å².